The summed E-state index contributed by atoms with van der Waals surface area (Å²) in [5.41, 5.74) is 5.56. The van der Waals surface area contributed by atoms with Crippen LogP contribution in [0.1, 0.15) is 5.56 Å². The predicted molar refractivity (Wildman–Crippen MR) is 117 cm³/mol. The van der Waals surface area contributed by atoms with E-state index < -0.39 is 23.8 Å². The van der Waals surface area contributed by atoms with Gasteiger partial charge in [-0.1, -0.05) is 11.6 Å². The summed E-state index contributed by atoms with van der Waals surface area (Å²) in [5.74, 6) is -1.92. The Hall–Kier alpha value is -2.69. The maximum atomic E-state index is 12.9. The number of amides is 5. The Labute approximate surface area is 192 Å². The standard InChI is InChI=1S/C19H12Br2ClN3O5/c20-13-6-9(7-14(21)16(13)30-8-15(23)26)5-12-17(27)24-19(29)25(18(12)28)11-3-1-10(22)2-4-11/h1-7H,8H2,(H2,23,26)(H,24,27,29)/b12-5+. The van der Waals surface area contributed by atoms with Crippen molar-refractivity contribution in [3.63, 3.8) is 0 Å². The van der Waals surface area contributed by atoms with Gasteiger partial charge in [0.2, 0.25) is 0 Å². The Balaban J connectivity index is 1.96. The number of nitrogens with two attached hydrogens (primary N) is 1. The van der Waals surface area contributed by atoms with Crippen molar-refractivity contribution in [2.45, 2.75) is 0 Å². The zero-order chi connectivity index (χ0) is 22.0. The molecule has 0 aliphatic carbocycles. The summed E-state index contributed by atoms with van der Waals surface area (Å²) in [4.78, 5) is 49.2. The first-order valence-corrected chi connectivity index (χ1v) is 10.2. The predicted octanol–water partition coefficient (Wildman–Crippen LogP) is 3.40. The van der Waals surface area contributed by atoms with Crippen molar-refractivity contribution in [3.8, 4) is 5.75 Å². The molecule has 1 aliphatic rings. The van der Waals surface area contributed by atoms with E-state index in [1.165, 1.54) is 30.3 Å². The highest BCUT2D eigenvalue weighted by Gasteiger charge is 2.36. The van der Waals surface area contributed by atoms with Crippen LogP contribution in [0.15, 0.2) is 50.9 Å². The molecule has 1 heterocycles. The van der Waals surface area contributed by atoms with Gasteiger partial charge in [0.05, 0.1) is 14.6 Å². The molecule has 0 aromatic heterocycles. The van der Waals surface area contributed by atoms with Gasteiger partial charge in [-0.25, -0.2) is 9.69 Å². The maximum absolute atomic E-state index is 12.9. The molecule has 0 unspecified atom stereocenters. The van der Waals surface area contributed by atoms with E-state index in [2.05, 4.69) is 37.2 Å². The molecule has 11 heteroatoms. The van der Waals surface area contributed by atoms with E-state index in [4.69, 9.17) is 22.1 Å². The molecular formula is C19H12Br2ClN3O5. The quantitative estimate of drug-likeness (QED) is 0.432. The molecule has 0 radical (unpaired) electrons. The topological polar surface area (TPSA) is 119 Å². The highest BCUT2D eigenvalue weighted by atomic mass is 79.9. The zero-order valence-electron chi connectivity index (χ0n) is 14.9. The number of barbiturate groups is 1. The summed E-state index contributed by atoms with van der Waals surface area (Å²) < 4.78 is 6.23. The number of hydrogen-bond donors (Lipinski definition) is 2. The van der Waals surface area contributed by atoms with E-state index in [1.807, 2.05) is 0 Å². The number of imide groups is 2. The lowest BCUT2D eigenvalue weighted by Crippen LogP contribution is -2.54. The third-order valence-electron chi connectivity index (χ3n) is 3.88. The third kappa shape index (κ3) is 4.72. The number of nitrogens with one attached hydrogen (secondary N) is 1. The van der Waals surface area contributed by atoms with Gasteiger partial charge in [0.15, 0.2) is 6.61 Å². The fraction of sp³-hybridized carbons (Fsp3) is 0.0526. The largest absolute Gasteiger partial charge is 0.481 e. The molecule has 0 saturated carbocycles. The van der Waals surface area contributed by atoms with Gasteiger partial charge in [0.1, 0.15) is 11.3 Å². The lowest BCUT2D eigenvalue weighted by Gasteiger charge is -2.26. The van der Waals surface area contributed by atoms with Crippen LogP contribution >= 0.6 is 43.5 Å². The second-order valence-electron chi connectivity index (χ2n) is 6.00. The molecule has 0 atom stereocenters. The van der Waals surface area contributed by atoms with E-state index in [0.29, 0.717) is 25.3 Å². The first-order chi connectivity index (χ1) is 14.2. The van der Waals surface area contributed by atoms with Crippen LogP contribution in [0.25, 0.3) is 6.08 Å². The molecule has 3 rings (SSSR count). The van der Waals surface area contributed by atoms with Gasteiger partial charge in [-0.3, -0.25) is 19.7 Å². The Morgan fingerprint density at radius 2 is 1.73 bits per heavy atom. The van der Waals surface area contributed by atoms with Crippen LogP contribution in [0.5, 0.6) is 5.75 Å². The number of benzene rings is 2. The Bertz CT molecular complexity index is 1080. The maximum Gasteiger partial charge on any atom is 0.335 e. The highest BCUT2D eigenvalue weighted by molar-refractivity contribution is 9.11. The molecule has 1 saturated heterocycles. The summed E-state index contributed by atoms with van der Waals surface area (Å²) in [6, 6.07) is 8.33. The first-order valence-electron chi connectivity index (χ1n) is 8.24. The van der Waals surface area contributed by atoms with Crippen LogP contribution in [0.2, 0.25) is 5.02 Å². The summed E-state index contributed by atoms with van der Waals surface area (Å²) in [7, 11) is 0. The second kappa shape index (κ2) is 8.99. The normalized spacial score (nSPS) is 15.4. The zero-order valence-corrected chi connectivity index (χ0v) is 18.9. The van der Waals surface area contributed by atoms with Crippen molar-refractivity contribution in [1.82, 2.24) is 5.32 Å². The van der Waals surface area contributed by atoms with E-state index >= 15 is 0 Å². The average molecular weight is 558 g/mol. The molecule has 3 N–H and O–H groups in total. The Morgan fingerprint density at radius 1 is 1.13 bits per heavy atom. The Morgan fingerprint density at radius 3 is 2.30 bits per heavy atom. The van der Waals surface area contributed by atoms with Gasteiger partial charge in [0.25, 0.3) is 17.7 Å². The van der Waals surface area contributed by atoms with Crippen molar-refractivity contribution >= 4 is 79.0 Å². The summed E-state index contributed by atoms with van der Waals surface area (Å²) in [6.45, 7) is -0.323. The van der Waals surface area contributed by atoms with E-state index in [1.54, 1.807) is 12.1 Å². The molecule has 2 aromatic carbocycles. The molecule has 5 amide bonds. The van der Waals surface area contributed by atoms with E-state index in [0.717, 1.165) is 4.90 Å². The number of urea groups is 1. The molecule has 1 fully saturated rings. The fourth-order valence-corrected chi connectivity index (χ4v) is 4.17. The van der Waals surface area contributed by atoms with Crippen LogP contribution in [-0.2, 0) is 14.4 Å². The van der Waals surface area contributed by atoms with Crippen molar-refractivity contribution in [2.75, 3.05) is 11.5 Å². The molecule has 154 valence electrons. The number of halogens is 3. The minimum absolute atomic E-state index is 0.242. The lowest BCUT2D eigenvalue weighted by atomic mass is 10.1. The lowest BCUT2D eigenvalue weighted by molar-refractivity contribution is -0.123. The number of carbonyl (C=O) groups is 4. The van der Waals surface area contributed by atoms with Gasteiger partial charge in [0, 0.05) is 5.02 Å². The minimum Gasteiger partial charge on any atom is -0.481 e. The van der Waals surface area contributed by atoms with Gasteiger partial charge in [-0.2, -0.15) is 0 Å². The van der Waals surface area contributed by atoms with Crippen molar-refractivity contribution in [3.05, 3.63) is 61.5 Å². The summed E-state index contributed by atoms with van der Waals surface area (Å²) in [5, 5.41) is 2.58. The number of ether oxygens (including phenoxy) is 1. The Kier molecular flexibility index (Phi) is 6.59. The summed E-state index contributed by atoms with van der Waals surface area (Å²) >= 11 is 12.5. The van der Waals surface area contributed by atoms with E-state index in [9.17, 15) is 19.2 Å². The highest BCUT2D eigenvalue weighted by Crippen LogP contribution is 2.35. The van der Waals surface area contributed by atoms with Crippen LogP contribution < -0.4 is 20.7 Å². The monoisotopic (exact) mass is 555 g/mol. The van der Waals surface area contributed by atoms with Gasteiger partial charge < -0.3 is 10.5 Å². The third-order valence-corrected chi connectivity index (χ3v) is 5.31. The minimum atomic E-state index is -0.859. The molecule has 30 heavy (non-hydrogen) atoms. The number of carbonyl (C=O) groups excluding carboxylic acids is 4. The molecule has 2 aromatic rings. The van der Waals surface area contributed by atoms with Crippen molar-refractivity contribution < 1.29 is 23.9 Å². The number of nitrogens with zero attached hydrogens (tertiary/aromatic N) is 1. The second-order valence-corrected chi connectivity index (χ2v) is 8.15. The van der Waals surface area contributed by atoms with Crippen molar-refractivity contribution in [1.29, 1.82) is 0 Å². The van der Waals surface area contributed by atoms with Crippen LogP contribution in [-0.4, -0.2) is 30.4 Å². The van der Waals surface area contributed by atoms with Crippen LogP contribution in [0.4, 0.5) is 10.5 Å². The molecule has 1 aliphatic heterocycles. The smallest absolute Gasteiger partial charge is 0.335 e. The molecule has 8 nitrogen and oxygen atoms in total. The van der Waals surface area contributed by atoms with Gasteiger partial charge in [-0.05, 0) is 79.9 Å². The van der Waals surface area contributed by atoms with Crippen molar-refractivity contribution in [2.24, 2.45) is 5.73 Å². The van der Waals surface area contributed by atoms with Gasteiger partial charge >= 0.3 is 6.03 Å². The fourth-order valence-electron chi connectivity index (χ4n) is 2.59. The average Bonchev–Trinajstić information content (AvgIpc) is 2.65. The number of rotatable bonds is 5. The molecule has 0 spiro atoms. The van der Waals surface area contributed by atoms with E-state index in [-0.39, 0.29) is 17.9 Å². The number of hydrogen-bond acceptors (Lipinski definition) is 5. The first kappa shape index (κ1) is 22.0. The number of anilines is 1. The molecule has 0 bridgehead atoms. The van der Waals surface area contributed by atoms with Gasteiger partial charge in [-0.15, -0.1) is 0 Å². The van der Waals surface area contributed by atoms with Crippen LogP contribution in [0, 0.1) is 0 Å². The van der Waals surface area contributed by atoms with Crippen LogP contribution in [0.3, 0.4) is 0 Å². The number of primary amides is 1. The SMILES string of the molecule is NC(=O)COc1c(Br)cc(/C=C2\C(=O)NC(=O)N(c3ccc(Cl)cc3)C2=O)cc1Br. The summed E-state index contributed by atoms with van der Waals surface area (Å²) in [6.07, 6.45) is 1.33. The molecular weight excluding hydrogens is 545 g/mol.